The molecule has 40 heteroatoms. The fourth-order valence-corrected chi connectivity index (χ4v) is 10.1. The molecule has 0 aliphatic rings. The Bertz CT molecular complexity index is 4520. The van der Waals surface area contributed by atoms with Crippen molar-refractivity contribution in [1.29, 1.82) is 0 Å². The maximum atomic E-state index is 14.5. The predicted octanol–water partition coefficient (Wildman–Crippen LogP) is 18.1. The van der Waals surface area contributed by atoms with Gasteiger partial charge in [-0.15, -0.1) is 42.3 Å². The van der Waals surface area contributed by atoms with Gasteiger partial charge in [0, 0.05) is 19.3 Å². The second kappa shape index (κ2) is 42.6. The van der Waals surface area contributed by atoms with Gasteiger partial charge in [-0.3, -0.25) is 46.6 Å². The van der Waals surface area contributed by atoms with Crippen LogP contribution in [0.5, 0.6) is 0 Å². The number of anilines is 3. The van der Waals surface area contributed by atoms with E-state index in [1.807, 2.05) is 5.43 Å². The molecule has 3 atom stereocenters. The Morgan fingerprint density at radius 1 is 0.487 bits per heavy atom. The number of aromatic nitrogens is 5. The number of halogens is 13. The number of hydrazine groups is 2. The average molecular weight is 1840 g/mol. The van der Waals surface area contributed by atoms with Crippen LogP contribution in [-0.4, -0.2) is 119 Å². The van der Waals surface area contributed by atoms with Crippen LogP contribution in [0.3, 0.4) is 0 Å². The highest BCUT2D eigenvalue weighted by Crippen LogP contribution is 2.47. The number of benzene rings is 3. The van der Waals surface area contributed by atoms with Gasteiger partial charge in [-0.25, -0.2) is 40.0 Å². The van der Waals surface area contributed by atoms with E-state index in [1.54, 1.807) is 173 Å². The number of carbonyl (C=O) groups excluding carboxylic acids is 6. The first kappa shape index (κ1) is 99.3. The minimum absolute atomic E-state index is 0. The lowest BCUT2D eigenvalue weighted by Crippen LogP contribution is -2.61. The van der Waals surface area contributed by atoms with Gasteiger partial charge in [-0.05, 0) is 182 Å². The third kappa shape index (κ3) is 29.4. The number of ether oxygens (including phenoxy) is 6. The van der Waals surface area contributed by atoms with Crippen molar-refractivity contribution in [3.05, 3.63) is 212 Å². The molecule has 0 bridgehead atoms. The van der Waals surface area contributed by atoms with E-state index in [-0.39, 0.29) is 64.6 Å². The van der Waals surface area contributed by atoms with E-state index >= 15 is 0 Å². The number of carbonyl (C=O) groups is 7. The molecule has 7 rings (SSSR count). The Morgan fingerprint density at radius 2 is 0.835 bits per heavy atom. The lowest BCUT2D eigenvalue weighted by atomic mass is 9.97. The summed E-state index contributed by atoms with van der Waals surface area (Å²) >= 11 is 9.59. The van der Waals surface area contributed by atoms with Crippen LogP contribution in [0.25, 0.3) is 11.6 Å². The topological polar surface area (TPSA) is 371 Å². The van der Waals surface area contributed by atoms with Crippen LogP contribution in [0.2, 0.25) is 0 Å². The van der Waals surface area contributed by atoms with E-state index < -0.39 is 132 Å². The van der Waals surface area contributed by atoms with Gasteiger partial charge in [0.15, 0.2) is 17.1 Å². The number of nitrogens with zero attached hydrogens (tertiary/aromatic N) is 5. The number of carboxylic acids is 1. The van der Waals surface area contributed by atoms with Crippen molar-refractivity contribution >= 4 is 119 Å². The number of aryl methyl sites for hydroxylation is 3. The van der Waals surface area contributed by atoms with E-state index in [0.29, 0.717) is 42.6 Å². The molecule has 9 N–H and O–H groups in total. The third-order valence-corrected chi connectivity index (χ3v) is 17.0. The number of rotatable bonds is 24. The highest BCUT2D eigenvalue weighted by molar-refractivity contribution is 9.11. The monoisotopic (exact) mass is 1840 g/mol. The number of hydrogen-bond acceptors (Lipinski definition) is 20. The van der Waals surface area contributed by atoms with Gasteiger partial charge < -0.3 is 37.9 Å². The minimum Gasteiger partial charge on any atom is -0.476 e. The molecule has 3 aromatic carbocycles. The summed E-state index contributed by atoms with van der Waals surface area (Å²) in [4.78, 5) is 96.8. The molecule has 115 heavy (non-hydrogen) atoms. The molecule has 7 aromatic rings. The van der Waals surface area contributed by atoms with Gasteiger partial charge >= 0.3 is 42.8 Å². The van der Waals surface area contributed by atoms with E-state index in [0.717, 1.165) is 18.2 Å². The molecule has 3 unspecified atom stereocenters. The molecule has 6 amide bonds. The predicted molar refractivity (Wildman–Crippen MR) is 418 cm³/mol. The summed E-state index contributed by atoms with van der Waals surface area (Å²) in [5, 5.41) is 23.9. The molecule has 0 saturated heterocycles. The highest BCUT2D eigenvalue weighted by Gasteiger charge is 2.63. The standard InChI is InChI=1S/C25H28BrF3N4O5.C25H26BrF3N4O4.C13H15F3N2O2.C12H15BrN2O4.ClH/c1-6-12-24(25(27,28)29,37-14-16-10-8-7-9-11-16)21(35)33-32-20(34)18-17(13-15(2)19(26)31-18)30-22(36)38-23(3,4)5;1-6-12-24(25(27,28)29,35-14-16-10-8-7-9-11-16)21-33-32-20(36-21)18-17(13-15(2)19(26)31-18)30-22(34)37-23(3,4)5;1-2-8-12(11(19)18-17,13(14,15)16)20-9-10-6-4-3-5-7-10;1-6-5-7(8(10(16)17)15-9(6)13)14-11(18)19-12(2,3)4;/h6-11,13H,1,12,14H2,2-5H3,(H,30,36)(H,32,34)(H,33,35);6-11,13H,1,12,14H2,2-5H3,(H,30,34);2-7H,1,8-9,17H2,(H,18,19);5H,1-4H3,(H,14,18)(H,16,17);1H. The van der Waals surface area contributed by atoms with Crippen LogP contribution in [0.15, 0.2) is 165 Å². The van der Waals surface area contributed by atoms with Crippen molar-refractivity contribution in [3.63, 3.8) is 0 Å². The van der Waals surface area contributed by atoms with E-state index in [1.165, 1.54) is 29.7 Å². The summed E-state index contributed by atoms with van der Waals surface area (Å²) < 4.78 is 163. The number of nitrogens with one attached hydrogen (secondary N) is 6. The van der Waals surface area contributed by atoms with Gasteiger partial charge in [0.2, 0.25) is 16.8 Å². The fourth-order valence-electron chi connectivity index (χ4n) is 9.24. The summed E-state index contributed by atoms with van der Waals surface area (Å²) in [5.74, 6) is -1.82. The Morgan fingerprint density at radius 3 is 1.19 bits per heavy atom. The molecule has 4 aromatic heterocycles. The number of hydrogen-bond donors (Lipinski definition) is 8. The summed E-state index contributed by atoms with van der Waals surface area (Å²) in [6.07, 6.45) is -16.8. The number of pyridine rings is 3. The second-order valence-electron chi connectivity index (χ2n) is 27.2. The molecule has 0 spiro atoms. The van der Waals surface area contributed by atoms with Crippen LogP contribution >= 0.6 is 60.2 Å². The maximum absolute atomic E-state index is 14.5. The zero-order valence-corrected chi connectivity index (χ0v) is 69.5. The fraction of sp³-hybridized carbons (Fsp3) is 0.360. The van der Waals surface area contributed by atoms with Gasteiger partial charge in [-0.2, -0.15) is 39.5 Å². The lowest BCUT2D eigenvalue weighted by molar-refractivity contribution is -0.295. The number of carboxylic acid groups (broad SMARTS) is 1. The van der Waals surface area contributed by atoms with Gasteiger partial charge in [0.1, 0.15) is 30.6 Å². The minimum atomic E-state index is -5.17. The quantitative estimate of drug-likeness (QED) is 0.00530. The SMILES string of the molecule is C=CCC(OCc1ccccc1)(C(=O)NN)C(F)(F)F.C=CCC(OCc1ccccc1)(C(=O)NNC(=O)c1nc(Br)c(C)cc1NC(=O)OC(C)(C)C)C(F)(F)F.C=CCC(OCc1ccccc1)(c1nnc(-c2nc(Br)c(C)cc2NC(=O)OC(C)(C)C)o1)C(F)(F)F.Cc1cc(NC(=O)OC(C)(C)C)c(C(=O)O)nc1Br.Cl. The van der Waals surface area contributed by atoms with Crippen LogP contribution < -0.4 is 38.1 Å². The number of alkyl halides is 9. The Kier molecular flexibility index (Phi) is 36.8. The summed E-state index contributed by atoms with van der Waals surface area (Å²) in [5.41, 5.74) is -3.75. The Hall–Kier alpha value is -9.90. The molecule has 0 saturated carbocycles. The Balaban J connectivity index is 0.000000414. The van der Waals surface area contributed by atoms with Crippen molar-refractivity contribution in [3.8, 4) is 11.6 Å². The average Bonchev–Trinajstić information content (AvgIpc) is 1.76. The van der Waals surface area contributed by atoms with E-state index in [2.05, 4.69) is 109 Å². The molecule has 0 radical (unpaired) electrons. The number of aromatic carboxylic acids is 1. The molecule has 27 nitrogen and oxygen atoms in total. The van der Waals surface area contributed by atoms with Crippen molar-refractivity contribution in [2.45, 2.75) is 174 Å². The van der Waals surface area contributed by atoms with Crippen LogP contribution in [0.1, 0.15) is 142 Å². The molecule has 0 aliphatic carbocycles. The van der Waals surface area contributed by atoms with Crippen molar-refractivity contribution in [2.24, 2.45) is 5.84 Å². The normalized spacial score (nSPS) is 13.1. The molecular weight excluding hydrogens is 1760 g/mol. The Labute approximate surface area is 687 Å². The smallest absolute Gasteiger partial charge is 0.427 e. The van der Waals surface area contributed by atoms with Crippen LogP contribution in [0.4, 0.5) is 71.0 Å². The second-order valence-corrected chi connectivity index (χ2v) is 29.5. The molecule has 0 aliphatic heterocycles. The number of amides is 6. The molecule has 0 fully saturated rings. The van der Waals surface area contributed by atoms with Crippen molar-refractivity contribution in [2.75, 3.05) is 16.0 Å². The first-order chi connectivity index (χ1) is 52.8. The number of nitrogens with two attached hydrogens (primary N) is 1. The molecule has 4 heterocycles. The lowest BCUT2D eigenvalue weighted by Gasteiger charge is -2.33. The zero-order chi connectivity index (χ0) is 86.2. The summed E-state index contributed by atoms with van der Waals surface area (Å²) in [7, 11) is 0. The van der Waals surface area contributed by atoms with Gasteiger partial charge in [0.05, 0.1) is 36.9 Å². The van der Waals surface area contributed by atoms with Crippen LogP contribution in [0, 0.1) is 20.8 Å². The third-order valence-electron chi connectivity index (χ3n) is 14.6. The first-order valence-corrected chi connectivity index (χ1v) is 36.0. The van der Waals surface area contributed by atoms with Crippen molar-refractivity contribution in [1.82, 2.24) is 41.4 Å². The summed E-state index contributed by atoms with van der Waals surface area (Å²) in [6, 6.07) is 29.0. The van der Waals surface area contributed by atoms with Gasteiger partial charge in [0.25, 0.3) is 29.5 Å². The first-order valence-electron chi connectivity index (χ1n) is 33.6. The zero-order valence-electron chi connectivity index (χ0n) is 63.9. The molecule has 626 valence electrons. The van der Waals surface area contributed by atoms with Crippen molar-refractivity contribution < 1.29 is 111 Å². The largest absolute Gasteiger partial charge is 0.476 e. The van der Waals surface area contributed by atoms with E-state index in [9.17, 15) is 73.1 Å². The molecular formula is C75H85Br3ClF9N12O15. The maximum Gasteiger partial charge on any atom is 0.427 e. The highest BCUT2D eigenvalue weighted by atomic mass is 79.9. The summed E-state index contributed by atoms with van der Waals surface area (Å²) in [6.45, 7) is 28.9. The van der Waals surface area contributed by atoms with E-state index in [4.69, 9.17) is 43.8 Å². The van der Waals surface area contributed by atoms with Crippen LogP contribution in [-0.2, 0) is 63.4 Å². The van der Waals surface area contributed by atoms with Gasteiger partial charge in [-0.1, -0.05) is 109 Å².